The van der Waals surface area contributed by atoms with Gasteiger partial charge in [0.2, 0.25) is 5.91 Å². The summed E-state index contributed by atoms with van der Waals surface area (Å²) in [6, 6.07) is 7.25. The van der Waals surface area contributed by atoms with Crippen LogP contribution in [0.5, 0.6) is 0 Å². The van der Waals surface area contributed by atoms with E-state index in [0.717, 1.165) is 23.2 Å². The largest absolute Gasteiger partial charge is 0.338 e. The average Bonchev–Trinajstić information content (AvgIpc) is 3.09. The Bertz CT molecular complexity index is 1030. The van der Waals surface area contributed by atoms with Gasteiger partial charge in [0, 0.05) is 17.3 Å². The van der Waals surface area contributed by atoms with E-state index in [9.17, 15) is 9.59 Å². The summed E-state index contributed by atoms with van der Waals surface area (Å²) in [6.45, 7) is 2.33. The van der Waals surface area contributed by atoms with Gasteiger partial charge in [-0.05, 0) is 38.7 Å². The molecule has 2 heterocycles. The molecule has 2 aromatic heterocycles. The van der Waals surface area contributed by atoms with Crippen molar-refractivity contribution in [2.45, 2.75) is 45.1 Å². The maximum atomic E-state index is 13.0. The zero-order valence-electron chi connectivity index (χ0n) is 15.5. The lowest BCUT2D eigenvalue weighted by Gasteiger charge is -2.20. The number of carbonyl (C=O) groups is 1. The van der Waals surface area contributed by atoms with Gasteiger partial charge in [0.05, 0.1) is 29.2 Å². The first-order valence-electron chi connectivity index (χ1n) is 9.24. The maximum absolute atomic E-state index is 13.0. The van der Waals surface area contributed by atoms with E-state index in [1.165, 1.54) is 23.4 Å². The fourth-order valence-electron chi connectivity index (χ4n) is 3.67. The van der Waals surface area contributed by atoms with E-state index < -0.39 is 5.92 Å². The van der Waals surface area contributed by atoms with Gasteiger partial charge in [-0.25, -0.2) is 10.1 Å². The summed E-state index contributed by atoms with van der Waals surface area (Å²) in [7, 11) is 1.80. The highest BCUT2D eigenvalue weighted by atomic mass is 32.1. The van der Waals surface area contributed by atoms with Gasteiger partial charge in [0.1, 0.15) is 5.01 Å². The quantitative estimate of drug-likeness (QED) is 0.752. The van der Waals surface area contributed by atoms with Crippen molar-refractivity contribution in [1.82, 2.24) is 20.1 Å². The Morgan fingerprint density at radius 1 is 1.26 bits per heavy atom. The SMILES string of the molecule is C[C@@H](C(=O)N(C)Cc1nc2c(s1)CCCC2)c1n[nH]c(=O)c2ccccc12. The minimum absolute atomic E-state index is 0.0344. The monoisotopic (exact) mass is 382 g/mol. The highest BCUT2D eigenvalue weighted by Gasteiger charge is 2.25. The predicted molar refractivity (Wildman–Crippen MR) is 106 cm³/mol. The normalized spacial score (nSPS) is 14.7. The number of benzene rings is 1. The summed E-state index contributed by atoms with van der Waals surface area (Å²) in [6.07, 6.45) is 4.58. The smallest absolute Gasteiger partial charge is 0.272 e. The number of hydrogen-bond acceptors (Lipinski definition) is 5. The van der Waals surface area contributed by atoms with Crippen molar-refractivity contribution in [3.63, 3.8) is 0 Å². The molecule has 4 rings (SSSR count). The first kappa shape index (κ1) is 17.9. The van der Waals surface area contributed by atoms with Crippen molar-refractivity contribution >= 4 is 28.0 Å². The van der Waals surface area contributed by atoms with Gasteiger partial charge in [-0.1, -0.05) is 18.2 Å². The molecule has 1 aliphatic rings. The van der Waals surface area contributed by atoms with E-state index in [4.69, 9.17) is 4.98 Å². The molecule has 140 valence electrons. The molecule has 1 aromatic carbocycles. The second-order valence-electron chi connectivity index (χ2n) is 7.08. The number of aromatic amines is 1. The average molecular weight is 382 g/mol. The first-order chi connectivity index (χ1) is 13.0. The highest BCUT2D eigenvalue weighted by Crippen LogP contribution is 2.28. The Morgan fingerprint density at radius 2 is 2.00 bits per heavy atom. The number of thiazole rings is 1. The van der Waals surface area contributed by atoms with Gasteiger partial charge in [-0.2, -0.15) is 5.10 Å². The van der Waals surface area contributed by atoms with Crippen LogP contribution in [-0.2, 0) is 24.2 Å². The van der Waals surface area contributed by atoms with Crippen molar-refractivity contribution in [2.24, 2.45) is 0 Å². The Hall–Kier alpha value is -2.54. The lowest BCUT2D eigenvalue weighted by molar-refractivity contribution is -0.131. The van der Waals surface area contributed by atoms with E-state index in [-0.39, 0.29) is 11.5 Å². The molecule has 7 heteroatoms. The zero-order valence-corrected chi connectivity index (χ0v) is 16.3. The molecule has 0 aliphatic heterocycles. The molecule has 0 saturated carbocycles. The van der Waals surface area contributed by atoms with Crippen molar-refractivity contribution in [2.75, 3.05) is 7.05 Å². The third kappa shape index (κ3) is 3.39. The molecule has 1 atom stereocenters. The van der Waals surface area contributed by atoms with E-state index in [2.05, 4.69) is 10.2 Å². The molecule has 27 heavy (non-hydrogen) atoms. The second kappa shape index (κ2) is 7.23. The van der Waals surface area contributed by atoms with Crippen LogP contribution in [0.2, 0.25) is 0 Å². The van der Waals surface area contributed by atoms with E-state index in [1.54, 1.807) is 29.4 Å². The minimum atomic E-state index is -0.452. The topological polar surface area (TPSA) is 79.0 Å². The molecule has 1 N–H and O–H groups in total. The first-order valence-corrected chi connectivity index (χ1v) is 10.1. The summed E-state index contributed by atoms with van der Waals surface area (Å²) in [5, 5.41) is 8.95. The number of likely N-dealkylation sites (N-methyl/N-ethyl adjacent to an activating group) is 1. The third-order valence-corrected chi connectivity index (χ3v) is 6.29. The summed E-state index contributed by atoms with van der Waals surface area (Å²) in [4.78, 5) is 32.8. The molecule has 0 unspecified atom stereocenters. The molecule has 0 bridgehead atoms. The Kier molecular flexibility index (Phi) is 4.78. The summed E-state index contributed by atoms with van der Waals surface area (Å²) in [5.74, 6) is -0.487. The van der Waals surface area contributed by atoms with Gasteiger partial charge in [-0.3, -0.25) is 9.59 Å². The number of hydrogen-bond donors (Lipinski definition) is 1. The Morgan fingerprint density at radius 3 is 2.78 bits per heavy atom. The number of amides is 1. The standard InChI is InChI=1S/C20H22N4O2S/c1-12(18-13-7-3-4-8-14(13)19(25)23-22-18)20(26)24(2)11-17-21-15-9-5-6-10-16(15)27-17/h3-4,7-8,12H,5-6,9-11H2,1-2H3,(H,23,25)/t12-/m1/s1. The number of aryl methyl sites for hydroxylation is 2. The van der Waals surface area contributed by atoms with Crippen molar-refractivity contribution < 1.29 is 4.79 Å². The van der Waals surface area contributed by atoms with E-state index >= 15 is 0 Å². The predicted octanol–water partition coefficient (Wildman–Crippen LogP) is 3.02. The molecule has 0 radical (unpaired) electrons. The fourth-order valence-corrected chi connectivity index (χ4v) is 4.88. The third-order valence-electron chi connectivity index (χ3n) is 5.14. The van der Waals surface area contributed by atoms with Gasteiger partial charge in [0.25, 0.3) is 5.56 Å². The second-order valence-corrected chi connectivity index (χ2v) is 8.25. The number of fused-ring (bicyclic) bond motifs is 2. The Balaban J connectivity index is 1.56. The lowest BCUT2D eigenvalue weighted by Crippen LogP contribution is -2.31. The number of nitrogens with zero attached hydrogens (tertiary/aromatic N) is 3. The summed E-state index contributed by atoms with van der Waals surface area (Å²) < 4.78 is 0. The lowest BCUT2D eigenvalue weighted by atomic mass is 10.0. The van der Waals surface area contributed by atoms with Crippen LogP contribution in [0.3, 0.4) is 0 Å². The molecule has 0 saturated heterocycles. The van der Waals surface area contributed by atoms with Crippen LogP contribution in [-0.4, -0.2) is 33.0 Å². The molecule has 0 fully saturated rings. The number of nitrogens with one attached hydrogen (secondary N) is 1. The molecular formula is C20H22N4O2S. The Labute approximate surface area is 161 Å². The summed E-state index contributed by atoms with van der Waals surface area (Å²) >= 11 is 1.72. The van der Waals surface area contributed by atoms with E-state index in [1.807, 2.05) is 25.1 Å². The zero-order chi connectivity index (χ0) is 19.0. The van der Waals surface area contributed by atoms with Crippen LogP contribution in [0.15, 0.2) is 29.1 Å². The molecule has 3 aromatic rings. The van der Waals surface area contributed by atoms with Crippen LogP contribution < -0.4 is 5.56 Å². The maximum Gasteiger partial charge on any atom is 0.272 e. The van der Waals surface area contributed by atoms with E-state index in [0.29, 0.717) is 17.6 Å². The molecule has 1 aliphatic carbocycles. The molecule has 0 spiro atoms. The van der Waals surface area contributed by atoms with Crippen LogP contribution in [0.4, 0.5) is 0 Å². The number of H-pyrrole nitrogens is 1. The van der Waals surface area contributed by atoms with Gasteiger partial charge in [-0.15, -0.1) is 11.3 Å². The van der Waals surface area contributed by atoms with Crippen LogP contribution >= 0.6 is 11.3 Å². The molecular weight excluding hydrogens is 360 g/mol. The summed E-state index contributed by atoms with van der Waals surface area (Å²) in [5.41, 5.74) is 1.57. The van der Waals surface area contributed by atoms with Crippen molar-refractivity contribution in [1.29, 1.82) is 0 Å². The van der Waals surface area contributed by atoms with Gasteiger partial charge < -0.3 is 4.90 Å². The molecule has 6 nitrogen and oxygen atoms in total. The van der Waals surface area contributed by atoms with Crippen LogP contribution in [0.1, 0.15) is 47.0 Å². The van der Waals surface area contributed by atoms with Crippen LogP contribution in [0.25, 0.3) is 10.8 Å². The van der Waals surface area contributed by atoms with Crippen molar-refractivity contribution in [3.05, 3.63) is 55.9 Å². The number of rotatable bonds is 4. The highest BCUT2D eigenvalue weighted by molar-refractivity contribution is 7.11. The van der Waals surface area contributed by atoms with Crippen LogP contribution in [0, 0.1) is 0 Å². The number of aromatic nitrogens is 3. The van der Waals surface area contributed by atoms with Gasteiger partial charge in [0.15, 0.2) is 0 Å². The van der Waals surface area contributed by atoms with Gasteiger partial charge >= 0.3 is 0 Å². The fraction of sp³-hybridized carbons (Fsp3) is 0.400. The number of carbonyl (C=O) groups excluding carboxylic acids is 1. The van der Waals surface area contributed by atoms with Crippen molar-refractivity contribution in [3.8, 4) is 0 Å². The molecule has 1 amide bonds. The minimum Gasteiger partial charge on any atom is -0.338 e.